The number of pyridine rings is 1. The van der Waals surface area contributed by atoms with Crippen molar-refractivity contribution in [1.29, 1.82) is 0 Å². The molecule has 8 heteroatoms. The molecule has 0 aliphatic carbocycles. The summed E-state index contributed by atoms with van der Waals surface area (Å²) in [5.74, 6) is 1.09. The maximum absolute atomic E-state index is 12.4. The van der Waals surface area contributed by atoms with Gasteiger partial charge in [0.1, 0.15) is 5.69 Å². The number of benzene rings is 1. The molecule has 0 atom stereocenters. The fourth-order valence-electron chi connectivity index (χ4n) is 2.96. The molecule has 2 heterocycles. The Morgan fingerprint density at radius 3 is 2.61 bits per heavy atom. The molecule has 3 rings (SSSR count). The number of anilines is 2. The van der Waals surface area contributed by atoms with Crippen molar-refractivity contribution >= 4 is 17.3 Å². The van der Waals surface area contributed by atoms with Gasteiger partial charge in [0, 0.05) is 49.8 Å². The van der Waals surface area contributed by atoms with Gasteiger partial charge in [-0.05, 0) is 24.3 Å². The van der Waals surface area contributed by atoms with Gasteiger partial charge in [-0.15, -0.1) is 0 Å². The number of ether oxygens (including phenoxy) is 3. The first-order valence-corrected chi connectivity index (χ1v) is 9.23. The quantitative estimate of drug-likeness (QED) is 0.717. The normalized spacial score (nSPS) is 14.4. The predicted octanol–water partition coefficient (Wildman–Crippen LogP) is 1.90. The zero-order valence-corrected chi connectivity index (χ0v) is 16.2. The van der Waals surface area contributed by atoms with E-state index in [9.17, 15) is 4.79 Å². The minimum absolute atomic E-state index is 0.191. The number of amides is 1. The van der Waals surface area contributed by atoms with Gasteiger partial charge in [-0.2, -0.15) is 0 Å². The summed E-state index contributed by atoms with van der Waals surface area (Å²) in [6, 6.07) is 9.06. The van der Waals surface area contributed by atoms with Gasteiger partial charge in [0.05, 0.1) is 27.4 Å². The molecule has 1 aromatic heterocycles. The number of methoxy groups -OCH3 is 2. The number of carbonyl (C=O) groups excluding carboxylic acids is 1. The summed E-state index contributed by atoms with van der Waals surface area (Å²) in [7, 11) is 3.19. The molecule has 1 aliphatic rings. The average molecular weight is 386 g/mol. The minimum Gasteiger partial charge on any atom is -0.493 e. The van der Waals surface area contributed by atoms with E-state index >= 15 is 0 Å². The maximum atomic E-state index is 12.4. The molecule has 0 bridgehead atoms. The van der Waals surface area contributed by atoms with Crippen LogP contribution in [-0.4, -0.2) is 69.4 Å². The molecule has 1 aromatic carbocycles. The number of rotatable bonds is 8. The Hall–Kier alpha value is -2.84. The highest BCUT2D eigenvalue weighted by Crippen LogP contribution is 2.31. The van der Waals surface area contributed by atoms with E-state index in [4.69, 9.17) is 14.2 Å². The van der Waals surface area contributed by atoms with Crippen LogP contribution < -0.4 is 20.1 Å². The lowest BCUT2D eigenvalue weighted by Crippen LogP contribution is -2.41. The van der Waals surface area contributed by atoms with Crippen LogP contribution in [0.3, 0.4) is 0 Å². The molecule has 0 radical (unpaired) electrons. The summed E-state index contributed by atoms with van der Waals surface area (Å²) in [6.07, 6.45) is 1.61. The highest BCUT2D eigenvalue weighted by atomic mass is 16.5. The van der Waals surface area contributed by atoms with Crippen LogP contribution in [0.2, 0.25) is 0 Å². The molecule has 1 aliphatic heterocycles. The number of hydrogen-bond donors (Lipinski definition) is 2. The van der Waals surface area contributed by atoms with Crippen LogP contribution in [-0.2, 0) is 4.74 Å². The first kappa shape index (κ1) is 19.9. The lowest BCUT2D eigenvalue weighted by molar-refractivity contribution is 0.0383. The van der Waals surface area contributed by atoms with Gasteiger partial charge in [-0.25, -0.2) is 0 Å². The summed E-state index contributed by atoms with van der Waals surface area (Å²) in [5.41, 5.74) is 1.95. The van der Waals surface area contributed by atoms with Crippen molar-refractivity contribution in [3.8, 4) is 11.5 Å². The monoisotopic (exact) mass is 386 g/mol. The molecule has 28 heavy (non-hydrogen) atoms. The highest BCUT2D eigenvalue weighted by Gasteiger charge is 2.12. The fourth-order valence-corrected chi connectivity index (χ4v) is 2.96. The standard InChI is InChI=1S/C20H26N4O4/c1-26-18-4-3-15(14-19(18)27-2)23-16-5-6-21-17(13-16)20(25)22-7-8-24-9-11-28-12-10-24/h3-6,13-14H,7-12H2,1-2H3,(H,21,23)(H,22,25). The molecule has 2 aromatic rings. The van der Waals surface area contributed by atoms with Crippen LogP contribution in [0.25, 0.3) is 0 Å². The molecular weight excluding hydrogens is 360 g/mol. The summed E-state index contributed by atoms with van der Waals surface area (Å²) < 4.78 is 15.9. The summed E-state index contributed by atoms with van der Waals surface area (Å²) >= 11 is 0. The van der Waals surface area contributed by atoms with Gasteiger partial charge in [-0.1, -0.05) is 0 Å². The minimum atomic E-state index is -0.191. The van der Waals surface area contributed by atoms with E-state index in [2.05, 4.69) is 20.5 Å². The summed E-state index contributed by atoms with van der Waals surface area (Å²) in [6.45, 7) is 4.68. The topological polar surface area (TPSA) is 85.0 Å². The van der Waals surface area contributed by atoms with E-state index in [1.165, 1.54) is 0 Å². The smallest absolute Gasteiger partial charge is 0.269 e. The molecule has 1 saturated heterocycles. The number of morpholine rings is 1. The fraction of sp³-hybridized carbons (Fsp3) is 0.400. The van der Waals surface area contributed by atoms with E-state index in [1.807, 2.05) is 18.2 Å². The summed E-state index contributed by atoms with van der Waals surface area (Å²) in [4.78, 5) is 18.8. The molecule has 1 amide bonds. The zero-order chi connectivity index (χ0) is 19.8. The molecule has 0 unspecified atom stereocenters. The van der Waals surface area contributed by atoms with Crippen molar-refractivity contribution in [3.05, 3.63) is 42.2 Å². The second kappa shape index (κ2) is 9.91. The van der Waals surface area contributed by atoms with Crippen molar-refractivity contribution in [1.82, 2.24) is 15.2 Å². The predicted molar refractivity (Wildman–Crippen MR) is 107 cm³/mol. The zero-order valence-electron chi connectivity index (χ0n) is 16.2. The second-order valence-electron chi connectivity index (χ2n) is 6.33. The average Bonchev–Trinajstić information content (AvgIpc) is 2.74. The SMILES string of the molecule is COc1ccc(Nc2ccnc(C(=O)NCCN3CCOCC3)c2)cc1OC. The van der Waals surface area contributed by atoms with Gasteiger partial charge in [0.25, 0.3) is 5.91 Å². The Labute approximate surface area is 164 Å². The van der Waals surface area contributed by atoms with Gasteiger partial charge < -0.3 is 24.8 Å². The van der Waals surface area contributed by atoms with Crippen LogP contribution >= 0.6 is 0 Å². The van der Waals surface area contributed by atoms with E-state index in [0.29, 0.717) is 23.7 Å². The molecule has 1 fully saturated rings. The van der Waals surface area contributed by atoms with Gasteiger partial charge in [0.15, 0.2) is 11.5 Å². The van der Waals surface area contributed by atoms with Gasteiger partial charge >= 0.3 is 0 Å². The van der Waals surface area contributed by atoms with Crippen molar-refractivity contribution in [2.75, 3.05) is 58.9 Å². The van der Waals surface area contributed by atoms with Crippen LogP contribution in [0.5, 0.6) is 11.5 Å². The number of carbonyl (C=O) groups is 1. The third kappa shape index (κ3) is 5.34. The van der Waals surface area contributed by atoms with Gasteiger partial charge in [0.2, 0.25) is 0 Å². The van der Waals surface area contributed by atoms with E-state index in [0.717, 1.165) is 44.2 Å². The molecular formula is C20H26N4O4. The Balaban J connectivity index is 1.57. The molecule has 8 nitrogen and oxygen atoms in total. The number of aromatic nitrogens is 1. The van der Waals surface area contributed by atoms with Crippen LogP contribution in [0.15, 0.2) is 36.5 Å². The van der Waals surface area contributed by atoms with Crippen molar-refractivity contribution in [3.63, 3.8) is 0 Å². The van der Waals surface area contributed by atoms with Gasteiger partial charge in [-0.3, -0.25) is 14.7 Å². The maximum Gasteiger partial charge on any atom is 0.269 e. The lowest BCUT2D eigenvalue weighted by Gasteiger charge is -2.26. The molecule has 150 valence electrons. The Morgan fingerprint density at radius 2 is 1.86 bits per heavy atom. The van der Waals surface area contributed by atoms with E-state index < -0.39 is 0 Å². The Morgan fingerprint density at radius 1 is 1.11 bits per heavy atom. The molecule has 0 saturated carbocycles. The third-order valence-corrected chi connectivity index (χ3v) is 4.48. The first-order valence-electron chi connectivity index (χ1n) is 9.23. The highest BCUT2D eigenvalue weighted by molar-refractivity contribution is 5.93. The first-order chi connectivity index (χ1) is 13.7. The third-order valence-electron chi connectivity index (χ3n) is 4.48. The van der Waals surface area contributed by atoms with Crippen molar-refractivity contribution in [2.45, 2.75) is 0 Å². The van der Waals surface area contributed by atoms with E-state index in [-0.39, 0.29) is 5.91 Å². The van der Waals surface area contributed by atoms with Crippen molar-refractivity contribution < 1.29 is 19.0 Å². The molecule has 2 N–H and O–H groups in total. The van der Waals surface area contributed by atoms with E-state index in [1.54, 1.807) is 32.5 Å². The Kier molecular flexibility index (Phi) is 7.05. The number of nitrogens with zero attached hydrogens (tertiary/aromatic N) is 2. The lowest BCUT2D eigenvalue weighted by atomic mass is 10.2. The largest absolute Gasteiger partial charge is 0.493 e. The van der Waals surface area contributed by atoms with Crippen LogP contribution in [0.1, 0.15) is 10.5 Å². The number of nitrogens with one attached hydrogen (secondary N) is 2. The van der Waals surface area contributed by atoms with Crippen molar-refractivity contribution in [2.24, 2.45) is 0 Å². The van der Waals surface area contributed by atoms with Crippen LogP contribution in [0, 0.1) is 0 Å². The second-order valence-corrected chi connectivity index (χ2v) is 6.33. The van der Waals surface area contributed by atoms with Crippen LogP contribution in [0.4, 0.5) is 11.4 Å². The molecule has 0 spiro atoms. The number of hydrogen-bond acceptors (Lipinski definition) is 7. The Bertz CT molecular complexity index is 794. The summed E-state index contributed by atoms with van der Waals surface area (Å²) in [5, 5.41) is 6.18.